The van der Waals surface area contributed by atoms with Crippen molar-refractivity contribution in [2.45, 2.75) is 6.54 Å². The van der Waals surface area contributed by atoms with E-state index in [0.29, 0.717) is 17.1 Å². The molecule has 2 aromatic rings. The van der Waals surface area contributed by atoms with E-state index in [9.17, 15) is 4.79 Å². The third-order valence-electron chi connectivity index (χ3n) is 2.29. The van der Waals surface area contributed by atoms with Gasteiger partial charge in [0.25, 0.3) is 5.91 Å². The van der Waals surface area contributed by atoms with Gasteiger partial charge in [-0.15, -0.1) is 11.3 Å². The maximum Gasteiger partial charge on any atom is 0.260 e. The topological polar surface area (TPSA) is 81.1 Å². The number of carbonyl (C=O) groups excluding carboxylic acids is 1. The van der Waals surface area contributed by atoms with Crippen molar-refractivity contribution in [2.75, 3.05) is 11.1 Å². The molecule has 0 saturated heterocycles. The van der Waals surface area contributed by atoms with Crippen LogP contribution in [0.1, 0.15) is 15.2 Å². The van der Waals surface area contributed by atoms with Crippen molar-refractivity contribution in [3.8, 4) is 0 Å². The van der Waals surface area contributed by atoms with E-state index < -0.39 is 5.91 Å². The van der Waals surface area contributed by atoms with Gasteiger partial charge in [-0.3, -0.25) is 4.79 Å². The third kappa shape index (κ3) is 2.76. The number of thiophene rings is 1. The molecule has 0 spiro atoms. The monoisotopic (exact) mass is 247 g/mol. The largest absolute Gasteiger partial charge is 0.397 e. The summed E-state index contributed by atoms with van der Waals surface area (Å²) >= 11 is 1.28. The molecule has 1 aromatic carbocycles. The lowest BCUT2D eigenvalue weighted by Gasteiger charge is -2.02. The third-order valence-corrected chi connectivity index (χ3v) is 3.42. The van der Waals surface area contributed by atoms with Crippen LogP contribution in [0.5, 0.6) is 0 Å². The summed E-state index contributed by atoms with van der Waals surface area (Å²) in [5.74, 6) is -0.486. The number of nitrogens with one attached hydrogen (secondary N) is 1. The summed E-state index contributed by atoms with van der Waals surface area (Å²) in [5, 5.41) is 4.06. The highest BCUT2D eigenvalue weighted by atomic mass is 32.1. The van der Waals surface area contributed by atoms with Gasteiger partial charge >= 0.3 is 0 Å². The second kappa shape index (κ2) is 4.88. The minimum Gasteiger partial charge on any atom is -0.397 e. The van der Waals surface area contributed by atoms with Crippen LogP contribution in [0.3, 0.4) is 0 Å². The van der Waals surface area contributed by atoms with E-state index in [1.54, 1.807) is 6.07 Å². The first-order chi connectivity index (χ1) is 8.16. The predicted octanol–water partition coefficient (Wildman–Crippen LogP) is 2.04. The second-order valence-corrected chi connectivity index (χ2v) is 4.65. The van der Waals surface area contributed by atoms with Gasteiger partial charge in [0, 0.05) is 6.54 Å². The number of nitrogens with two attached hydrogens (primary N) is 2. The number of carbonyl (C=O) groups is 1. The van der Waals surface area contributed by atoms with Gasteiger partial charge in [0.15, 0.2) is 0 Å². The number of primary amides is 1. The predicted molar refractivity (Wildman–Crippen MR) is 71.0 cm³/mol. The summed E-state index contributed by atoms with van der Waals surface area (Å²) < 4.78 is 0. The number of nitrogen functional groups attached to an aromatic ring is 1. The molecule has 0 saturated carbocycles. The van der Waals surface area contributed by atoms with Crippen LogP contribution in [-0.4, -0.2) is 5.91 Å². The Morgan fingerprint density at radius 1 is 1.29 bits per heavy atom. The van der Waals surface area contributed by atoms with Crippen molar-refractivity contribution in [3.05, 3.63) is 46.8 Å². The smallest absolute Gasteiger partial charge is 0.260 e. The molecule has 5 heteroatoms. The SMILES string of the molecule is NC(=O)c1sc(NCc2ccccc2)cc1N. The van der Waals surface area contributed by atoms with Gasteiger partial charge in [-0.05, 0) is 11.6 Å². The fourth-order valence-electron chi connectivity index (χ4n) is 1.47. The molecule has 0 fully saturated rings. The molecule has 0 unspecified atom stereocenters. The molecule has 2 rings (SSSR count). The summed E-state index contributed by atoms with van der Waals surface area (Å²) in [6, 6.07) is 11.7. The van der Waals surface area contributed by atoms with Gasteiger partial charge in [0.05, 0.1) is 10.7 Å². The molecule has 5 N–H and O–H groups in total. The second-order valence-electron chi connectivity index (χ2n) is 3.60. The lowest BCUT2D eigenvalue weighted by atomic mass is 10.2. The van der Waals surface area contributed by atoms with Gasteiger partial charge in [-0.2, -0.15) is 0 Å². The molecule has 0 atom stereocenters. The Balaban J connectivity index is 2.05. The Labute approximate surface area is 103 Å². The van der Waals surface area contributed by atoms with E-state index in [1.807, 2.05) is 30.3 Å². The number of amides is 1. The van der Waals surface area contributed by atoms with Crippen LogP contribution in [0.15, 0.2) is 36.4 Å². The maximum absolute atomic E-state index is 11.0. The van der Waals surface area contributed by atoms with Crippen molar-refractivity contribution in [1.29, 1.82) is 0 Å². The average Bonchev–Trinajstić information content (AvgIpc) is 2.69. The van der Waals surface area contributed by atoms with Crippen LogP contribution in [0.4, 0.5) is 10.7 Å². The van der Waals surface area contributed by atoms with Gasteiger partial charge in [-0.1, -0.05) is 30.3 Å². The van der Waals surface area contributed by atoms with Crippen LogP contribution in [-0.2, 0) is 6.54 Å². The van der Waals surface area contributed by atoms with Gasteiger partial charge < -0.3 is 16.8 Å². The van der Waals surface area contributed by atoms with Gasteiger partial charge in [-0.25, -0.2) is 0 Å². The van der Waals surface area contributed by atoms with E-state index in [4.69, 9.17) is 11.5 Å². The first kappa shape index (κ1) is 11.5. The van der Waals surface area contributed by atoms with Crippen LogP contribution in [0.2, 0.25) is 0 Å². The molecule has 0 bridgehead atoms. The Hall–Kier alpha value is -2.01. The molecule has 1 heterocycles. The molecule has 0 radical (unpaired) electrons. The average molecular weight is 247 g/mol. The molecule has 0 aliphatic heterocycles. The van der Waals surface area contributed by atoms with Crippen molar-refractivity contribution >= 4 is 27.9 Å². The van der Waals surface area contributed by atoms with E-state index in [0.717, 1.165) is 5.00 Å². The van der Waals surface area contributed by atoms with E-state index in [1.165, 1.54) is 16.9 Å². The van der Waals surface area contributed by atoms with Gasteiger partial charge in [0.2, 0.25) is 0 Å². The first-order valence-electron chi connectivity index (χ1n) is 5.13. The normalized spacial score (nSPS) is 10.1. The lowest BCUT2D eigenvalue weighted by molar-refractivity contribution is 0.100. The zero-order valence-electron chi connectivity index (χ0n) is 9.14. The van der Waals surface area contributed by atoms with Crippen LogP contribution >= 0.6 is 11.3 Å². The van der Waals surface area contributed by atoms with E-state index in [-0.39, 0.29) is 0 Å². The number of rotatable bonds is 4. The van der Waals surface area contributed by atoms with Gasteiger partial charge in [0.1, 0.15) is 4.88 Å². The summed E-state index contributed by atoms with van der Waals surface area (Å²) in [4.78, 5) is 11.4. The van der Waals surface area contributed by atoms with Crippen molar-refractivity contribution in [1.82, 2.24) is 0 Å². The van der Waals surface area contributed by atoms with Crippen LogP contribution < -0.4 is 16.8 Å². The summed E-state index contributed by atoms with van der Waals surface area (Å²) in [6.07, 6.45) is 0. The molecule has 17 heavy (non-hydrogen) atoms. The number of anilines is 2. The zero-order valence-corrected chi connectivity index (χ0v) is 9.96. The highest BCUT2D eigenvalue weighted by molar-refractivity contribution is 7.18. The Morgan fingerprint density at radius 3 is 2.59 bits per heavy atom. The quantitative estimate of drug-likeness (QED) is 0.773. The summed E-state index contributed by atoms with van der Waals surface area (Å²) in [6.45, 7) is 0.693. The Morgan fingerprint density at radius 2 is 2.00 bits per heavy atom. The van der Waals surface area contributed by atoms with Crippen molar-refractivity contribution in [3.63, 3.8) is 0 Å². The van der Waals surface area contributed by atoms with E-state index in [2.05, 4.69) is 5.32 Å². The lowest BCUT2D eigenvalue weighted by Crippen LogP contribution is -2.10. The number of hydrogen-bond acceptors (Lipinski definition) is 4. The molecular weight excluding hydrogens is 234 g/mol. The van der Waals surface area contributed by atoms with E-state index >= 15 is 0 Å². The minimum absolute atomic E-state index is 0.403. The standard InChI is InChI=1S/C12H13N3OS/c13-9-6-10(17-11(9)12(14)16)15-7-8-4-2-1-3-5-8/h1-6,15H,7,13H2,(H2,14,16). The summed E-state index contributed by atoms with van der Waals surface area (Å²) in [5.41, 5.74) is 12.5. The Bertz CT molecular complexity index is 522. The highest BCUT2D eigenvalue weighted by Crippen LogP contribution is 2.28. The fourth-order valence-corrected chi connectivity index (χ4v) is 2.30. The first-order valence-corrected chi connectivity index (χ1v) is 5.95. The van der Waals surface area contributed by atoms with Crippen LogP contribution in [0, 0.1) is 0 Å². The maximum atomic E-state index is 11.0. The minimum atomic E-state index is -0.486. The van der Waals surface area contributed by atoms with Crippen molar-refractivity contribution in [2.24, 2.45) is 5.73 Å². The highest BCUT2D eigenvalue weighted by Gasteiger charge is 2.10. The molecule has 1 amide bonds. The fraction of sp³-hybridized carbons (Fsp3) is 0.0833. The zero-order chi connectivity index (χ0) is 12.3. The molecule has 4 nitrogen and oxygen atoms in total. The van der Waals surface area contributed by atoms with Crippen molar-refractivity contribution < 1.29 is 4.79 Å². The number of benzene rings is 1. The molecule has 0 aliphatic carbocycles. The summed E-state index contributed by atoms with van der Waals surface area (Å²) in [7, 11) is 0. The van der Waals surface area contributed by atoms with Crippen LogP contribution in [0.25, 0.3) is 0 Å². The number of hydrogen-bond donors (Lipinski definition) is 3. The molecule has 1 aromatic heterocycles. The molecule has 0 aliphatic rings. The molecule has 88 valence electrons. The Kier molecular flexibility index (Phi) is 3.30. The molecular formula is C12H13N3OS.